The molecule has 3 rings (SSSR count). The second-order valence-electron chi connectivity index (χ2n) is 5.73. The van der Waals surface area contributed by atoms with Crippen molar-refractivity contribution >= 4 is 28.5 Å². The first-order valence-corrected chi connectivity index (χ1v) is 8.86. The summed E-state index contributed by atoms with van der Waals surface area (Å²) in [4.78, 5) is 8.57. The van der Waals surface area contributed by atoms with Crippen LogP contribution in [0.2, 0.25) is 0 Å². The highest BCUT2D eigenvalue weighted by Gasteiger charge is 2.21. The first-order valence-electron chi connectivity index (χ1n) is 7.64. The van der Waals surface area contributed by atoms with Crippen LogP contribution in [0, 0.1) is 6.92 Å². The third-order valence-corrected chi connectivity index (χ3v) is 5.02. The van der Waals surface area contributed by atoms with E-state index in [1.54, 1.807) is 11.8 Å². The minimum absolute atomic E-state index is 0.526. The molecule has 1 atom stereocenters. The molecule has 2 heterocycles. The van der Waals surface area contributed by atoms with Crippen LogP contribution in [0.25, 0.3) is 10.9 Å². The largest absolute Gasteiger partial charge is 0.366 e. The second kappa shape index (κ2) is 6.24. The van der Waals surface area contributed by atoms with E-state index in [1.165, 1.54) is 28.8 Å². The van der Waals surface area contributed by atoms with Crippen LogP contribution in [0.3, 0.4) is 0 Å². The molecule has 0 saturated carbocycles. The summed E-state index contributed by atoms with van der Waals surface area (Å²) < 4.78 is 0. The Hall–Kier alpha value is -1.26. The predicted octanol–water partition coefficient (Wildman–Crippen LogP) is 3.77. The Morgan fingerprint density at radius 1 is 1.38 bits per heavy atom. The van der Waals surface area contributed by atoms with Gasteiger partial charge in [0, 0.05) is 29.4 Å². The van der Waals surface area contributed by atoms with Gasteiger partial charge in [-0.1, -0.05) is 13.0 Å². The standard InChI is InChI=1S/C17H23N3S/c1-4-20-8-7-13(11-20)18-17-9-12(2)15-6-5-14(21-3)10-16(15)19-17/h5-6,9-10,13H,4,7-8,11H2,1-3H3,(H,18,19). The summed E-state index contributed by atoms with van der Waals surface area (Å²) in [6, 6.07) is 9.24. The first-order chi connectivity index (χ1) is 10.2. The van der Waals surface area contributed by atoms with E-state index >= 15 is 0 Å². The van der Waals surface area contributed by atoms with Crippen molar-refractivity contribution in [2.45, 2.75) is 31.2 Å². The average molecular weight is 301 g/mol. The molecule has 0 amide bonds. The Morgan fingerprint density at radius 3 is 2.95 bits per heavy atom. The van der Waals surface area contributed by atoms with E-state index in [9.17, 15) is 0 Å². The monoisotopic (exact) mass is 301 g/mol. The Balaban J connectivity index is 1.85. The lowest BCUT2D eigenvalue weighted by molar-refractivity contribution is 0.356. The number of likely N-dealkylation sites (tertiary alicyclic amines) is 1. The van der Waals surface area contributed by atoms with Crippen molar-refractivity contribution in [1.29, 1.82) is 0 Å². The zero-order valence-electron chi connectivity index (χ0n) is 13.0. The number of pyridine rings is 1. The van der Waals surface area contributed by atoms with Crippen LogP contribution >= 0.6 is 11.8 Å². The summed E-state index contributed by atoms with van der Waals surface area (Å²) in [6.45, 7) is 7.85. The van der Waals surface area contributed by atoms with Gasteiger partial charge in [-0.05, 0) is 49.9 Å². The summed E-state index contributed by atoms with van der Waals surface area (Å²) in [5, 5.41) is 4.87. The van der Waals surface area contributed by atoms with Gasteiger partial charge in [0.05, 0.1) is 5.52 Å². The molecule has 0 radical (unpaired) electrons. The molecule has 21 heavy (non-hydrogen) atoms. The number of fused-ring (bicyclic) bond motifs is 1. The highest BCUT2D eigenvalue weighted by atomic mass is 32.2. The number of aromatic nitrogens is 1. The normalized spacial score (nSPS) is 19.3. The van der Waals surface area contributed by atoms with E-state index in [0.29, 0.717) is 6.04 Å². The molecule has 3 nitrogen and oxygen atoms in total. The van der Waals surface area contributed by atoms with Crippen LogP contribution in [-0.2, 0) is 0 Å². The van der Waals surface area contributed by atoms with Gasteiger partial charge in [0.15, 0.2) is 0 Å². The third kappa shape index (κ3) is 3.16. The fraction of sp³-hybridized carbons (Fsp3) is 0.471. The van der Waals surface area contributed by atoms with Gasteiger partial charge in [0.2, 0.25) is 0 Å². The molecule has 0 aliphatic carbocycles. The number of hydrogen-bond acceptors (Lipinski definition) is 4. The van der Waals surface area contributed by atoms with Gasteiger partial charge in [-0.3, -0.25) is 0 Å². The Labute approximate surface area is 131 Å². The molecule has 1 fully saturated rings. The lowest BCUT2D eigenvalue weighted by Gasteiger charge is -2.16. The summed E-state index contributed by atoms with van der Waals surface area (Å²) in [5.41, 5.74) is 2.38. The Bertz CT molecular complexity index is 641. The number of anilines is 1. The molecule has 1 aliphatic heterocycles. The number of benzene rings is 1. The molecule has 1 unspecified atom stereocenters. The highest BCUT2D eigenvalue weighted by molar-refractivity contribution is 7.98. The minimum Gasteiger partial charge on any atom is -0.366 e. The summed E-state index contributed by atoms with van der Waals surface area (Å²) >= 11 is 1.76. The summed E-state index contributed by atoms with van der Waals surface area (Å²) in [6.07, 6.45) is 3.31. The van der Waals surface area contributed by atoms with Crippen molar-refractivity contribution in [3.8, 4) is 0 Å². The van der Waals surface area contributed by atoms with E-state index < -0.39 is 0 Å². The van der Waals surface area contributed by atoms with E-state index in [1.807, 2.05) is 0 Å². The highest BCUT2D eigenvalue weighted by Crippen LogP contribution is 2.25. The molecule has 1 aromatic heterocycles. The maximum atomic E-state index is 4.82. The zero-order chi connectivity index (χ0) is 14.8. The molecule has 112 valence electrons. The van der Waals surface area contributed by atoms with Crippen molar-refractivity contribution in [2.24, 2.45) is 0 Å². The minimum atomic E-state index is 0.526. The third-order valence-electron chi connectivity index (χ3n) is 4.30. The van der Waals surface area contributed by atoms with E-state index in [-0.39, 0.29) is 0 Å². The quantitative estimate of drug-likeness (QED) is 0.870. The van der Waals surface area contributed by atoms with Crippen LogP contribution in [0.15, 0.2) is 29.2 Å². The molecule has 0 spiro atoms. The van der Waals surface area contributed by atoms with Gasteiger partial charge < -0.3 is 10.2 Å². The number of rotatable bonds is 4. The summed E-state index contributed by atoms with van der Waals surface area (Å²) in [7, 11) is 0. The summed E-state index contributed by atoms with van der Waals surface area (Å²) in [5.74, 6) is 1.02. The zero-order valence-corrected chi connectivity index (χ0v) is 13.8. The SMILES string of the molecule is CCN1CCC(Nc2cc(C)c3ccc(SC)cc3n2)C1. The number of nitrogens with zero attached hydrogens (tertiary/aromatic N) is 2. The fourth-order valence-corrected chi connectivity index (χ4v) is 3.46. The molecular formula is C17H23N3S. The number of thioether (sulfide) groups is 1. The smallest absolute Gasteiger partial charge is 0.127 e. The molecule has 1 saturated heterocycles. The number of nitrogens with one attached hydrogen (secondary N) is 1. The van der Waals surface area contributed by atoms with Crippen molar-refractivity contribution in [3.05, 3.63) is 29.8 Å². The Morgan fingerprint density at radius 2 is 2.24 bits per heavy atom. The lowest BCUT2D eigenvalue weighted by Crippen LogP contribution is -2.26. The van der Waals surface area contributed by atoms with Crippen LogP contribution < -0.4 is 5.32 Å². The Kier molecular flexibility index (Phi) is 4.36. The molecule has 2 aromatic rings. The predicted molar refractivity (Wildman–Crippen MR) is 92.4 cm³/mol. The van der Waals surface area contributed by atoms with Crippen molar-refractivity contribution in [1.82, 2.24) is 9.88 Å². The van der Waals surface area contributed by atoms with Crippen LogP contribution in [0.5, 0.6) is 0 Å². The van der Waals surface area contributed by atoms with Gasteiger partial charge >= 0.3 is 0 Å². The van der Waals surface area contributed by atoms with E-state index in [4.69, 9.17) is 4.98 Å². The maximum Gasteiger partial charge on any atom is 0.127 e. The van der Waals surface area contributed by atoms with Gasteiger partial charge in [0.25, 0.3) is 0 Å². The van der Waals surface area contributed by atoms with Gasteiger partial charge in [-0.2, -0.15) is 0 Å². The van der Waals surface area contributed by atoms with Gasteiger partial charge in [-0.15, -0.1) is 11.8 Å². The maximum absolute atomic E-state index is 4.82. The fourth-order valence-electron chi connectivity index (χ4n) is 3.03. The van der Waals surface area contributed by atoms with Crippen LogP contribution in [-0.4, -0.2) is 41.8 Å². The number of likely N-dealkylation sites (N-methyl/N-ethyl adjacent to an activating group) is 1. The first kappa shape index (κ1) is 14.7. The van der Waals surface area contributed by atoms with Crippen LogP contribution in [0.1, 0.15) is 18.9 Å². The molecule has 0 bridgehead atoms. The topological polar surface area (TPSA) is 28.2 Å². The number of hydrogen-bond donors (Lipinski definition) is 1. The van der Waals surface area contributed by atoms with Crippen LogP contribution in [0.4, 0.5) is 5.82 Å². The molecule has 4 heteroatoms. The average Bonchev–Trinajstić information content (AvgIpc) is 2.94. The van der Waals surface area contributed by atoms with E-state index in [0.717, 1.165) is 24.4 Å². The van der Waals surface area contributed by atoms with Crippen molar-refractivity contribution in [3.63, 3.8) is 0 Å². The van der Waals surface area contributed by atoms with Gasteiger partial charge in [-0.25, -0.2) is 4.98 Å². The number of aryl methyl sites for hydroxylation is 1. The van der Waals surface area contributed by atoms with Crippen molar-refractivity contribution in [2.75, 3.05) is 31.2 Å². The molecule has 1 aliphatic rings. The lowest BCUT2D eigenvalue weighted by atomic mass is 10.1. The van der Waals surface area contributed by atoms with Crippen molar-refractivity contribution < 1.29 is 0 Å². The second-order valence-corrected chi connectivity index (χ2v) is 6.61. The molecular weight excluding hydrogens is 278 g/mol. The van der Waals surface area contributed by atoms with E-state index in [2.05, 4.69) is 54.6 Å². The van der Waals surface area contributed by atoms with Gasteiger partial charge in [0.1, 0.15) is 5.82 Å². The molecule has 1 N–H and O–H groups in total. The molecule has 1 aromatic carbocycles.